The second kappa shape index (κ2) is 7.13. The maximum Gasteiger partial charge on any atom is 0.264 e. The molecule has 5 nitrogen and oxygen atoms in total. The minimum atomic E-state index is -3.80. The Kier molecular flexibility index (Phi) is 5.39. The monoisotopic (exact) mass is 349 g/mol. The van der Waals surface area contributed by atoms with Gasteiger partial charge in [0.15, 0.2) is 0 Å². The maximum atomic E-state index is 13.1. The zero-order valence-corrected chi connectivity index (χ0v) is 15.2. The van der Waals surface area contributed by atoms with Crippen LogP contribution in [0.1, 0.15) is 19.4 Å². The highest BCUT2D eigenvalue weighted by Gasteiger charge is 2.28. The van der Waals surface area contributed by atoms with E-state index in [1.807, 2.05) is 13.8 Å². The van der Waals surface area contributed by atoms with Crippen LogP contribution in [-0.4, -0.2) is 27.2 Å². The molecule has 0 unspecified atom stereocenters. The van der Waals surface area contributed by atoms with Crippen molar-refractivity contribution >= 4 is 15.7 Å². The van der Waals surface area contributed by atoms with Crippen LogP contribution in [0, 0.1) is 12.8 Å². The number of phenolic OH excluding ortho intramolecular Hbond substituents is 1. The van der Waals surface area contributed by atoms with Crippen LogP contribution in [0.4, 0.5) is 5.69 Å². The van der Waals surface area contributed by atoms with Gasteiger partial charge in [0.1, 0.15) is 11.5 Å². The van der Waals surface area contributed by atoms with E-state index in [0.29, 0.717) is 17.0 Å². The number of sulfonamides is 1. The second-order valence-corrected chi connectivity index (χ2v) is 7.91. The average molecular weight is 349 g/mol. The van der Waals surface area contributed by atoms with Gasteiger partial charge < -0.3 is 9.84 Å². The molecule has 0 aromatic heterocycles. The molecular weight excluding hydrogens is 326 g/mol. The summed E-state index contributed by atoms with van der Waals surface area (Å²) in [5.74, 6) is 0.663. The van der Waals surface area contributed by atoms with Crippen molar-refractivity contribution in [1.29, 1.82) is 0 Å². The van der Waals surface area contributed by atoms with Gasteiger partial charge in [0.2, 0.25) is 0 Å². The SMILES string of the molecule is COc1ccc(S(=O)(=O)N(CC(C)C)c2cccc(C)c2O)cc1. The molecule has 0 aliphatic rings. The highest BCUT2D eigenvalue weighted by atomic mass is 32.2. The van der Waals surface area contributed by atoms with E-state index in [-0.39, 0.29) is 23.1 Å². The summed E-state index contributed by atoms with van der Waals surface area (Å²) in [5, 5.41) is 10.3. The number of phenols is 1. The van der Waals surface area contributed by atoms with Gasteiger partial charge in [-0.25, -0.2) is 8.42 Å². The molecule has 0 radical (unpaired) electrons. The van der Waals surface area contributed by atoms with Crippen LogP contribution < -0.4 is 9.04 Å². The molecule has 0 amide bonds. The fourth-order valence-electron chi connectivity index (χ4n) is 2.38. The van der Waals surface area contributed by atoms with Crippen LogP contribution in [0.25, 0.3) is 0 Å². The summed E-state index contributed by atoms with van der Waals surface area (Å²) in [6.45, 7) is 5.88. The molecule has 0 heterocycles. The molecule has 0 saturated carbocycles. The molecule has 0 saturated heterocycles. The van der Waals surface area contributed by atoms with E-state index in [1.165, 1.54) is 23.5 Å². The third kappa shape index (κ3) is 3.64. The van der Waals surface area contributed by atoms with Gasteiger partial charge in [-0.05, 0) is 48.7 Å². The number of benzene rings is 2. The van der Waals surface area contributed by atoms with Gasteiger partial charge in [0, 0.05) is 6.54 Å². The number of methoxy groups -OCH3 is 1. The normalized spacial score (nSPS) is 11.5. The number of hydrogen-bond acceptors (Lipinski definition) is 4. The van der Waals surface area contributed by atoms with Crippen molar-refractivity contribution in [2.75, 3.05) is 18.0 Å². The lowest BCUT2D eigenvalue weighted by Gasteiger charge is -2.27. The molecule has 2 rings (SSSR count). The minimum Gasteiger partial charge on any atom is -0.505 e. The Labute approximate surface area is 143 Å². The summed E-state index contributed by atoms with van der Waals surface area (Å²) in [6, 6.07) is 11.3. The summed E-state index contributed by atoms with van der Waals surface area (Å²) < 4.78 is 32.6. The van der Waals surface area contributed by atoms with Gasteiger partial charge in [-0.2, -0.15) is 0 Å². The summed E-state index contributed by atoms with van der Waals surface area (Å²) in [6.07, 6.45) is 0. The molecule has 1 N–H and O–H groups in total. The smallest absolute Gasteiger partial charge is 0.264 e. The van der Waals surface area contributed by atoms with Crippen molar-refractivity contribution in [2.24, 2.45) is 5.92 Å². The Bertz CT molecular complexity index is 798. The molecule has 130 valence electrons. The molecule has 0 fully saturated rings. The largest absolute Gasteiger partial charge is 0.505 e. The van der Waals surface area contributed by atoms with Crippen molar-refractivity contribution in [3.05, 3.63) is 48.0 Å². The van der Waals surface area contributed by atoms with Gasteiger partial charge in [0.25, 0.3) is 10.0 Å². The molecular formula is C18H23NO4S. The number of aromatic hydroxyl groups is 1. The van der Waals surface area contributed by atoms with Crippen molar-refractivity contribution in [3.63, 3.8) is 0 Å². The lowest BCUT2D eigenvalue weighted by Crippen LogP contribution is -2.34. The number of rotatable bonds is 6. The van der Waals surface area contributed by atoms with Crippen LogP contribution in [0.5, 0.6) is 11.5 Å². The number of ether oxygens (including phenoxy) is 1. The van der Waals surface area contributed by atoms with Crippen LogP contribution in [0.15, 0.2) is 47.4 Å². The van der Waals surface area contributed by atoms with Crippen LogP contribution in [0.2, 0.25) is 0 Å². The lowest BCUT2D eigenvalue weighted by atomic mass is 10.1. The van der Waals surface area contributed by atoms with Crippen molar-refractivity contribution in [3.8, 4) is 11.5 Å². The van der Waals surface area contributed by atoms with Crippen LogP contribution >= 0.6 is 0 Å². The standard InChI is InChI=1S/C18H23NO4S/c1-13(2)12-19(17-7-5-6-14(3)18(17)20)24(21,22)16-10-8-15(23-4)9-11-16/h5-11,13,20H,12H2,1-4H3. The van der Waals surface area contributed by atoms with Gasteiger partial charge in [-0.1, -0.05) is 26.0 Å². The van der Waals surface area contributed by atoms with Gasteiger partial charge in [0.05, 0.1) is 17.7 Å². The third-order valence-corrected chi connectivity index (χ3v) is 5.46. The Morgan fingerprint density at radius 1 is 1.12 bits per heavy atom. The van der Waals surface area contributed by atoms with E-state index in [9.17, 15) is 13.5 Å². The number of anilines is 1. The Morgan fingerprint density at radius 2 is 1.75 bits per heavy atom. The van der Waals surface area contributed by atoms with E-state index in [0.717, 1.165) is 0 Å². The van der Waals surface area contributed by atoms with Gasteiger partial charge >= 0.3 is 0 Å². The van der Waals surface area contributed by atoms with E-state index >= 15 is 0 Å². The Morgan fingerprint density at radius 3 is 2.29 bits per heavy atom. The predicted octanol–water partition coefficient (Wildman–Crippen LogP) is 3.56. The predicted molar refractivity (Wildman–Crippen MR) is 95.2 cm³/mol. The zero-order valence-electron chi connectivity index (χ0n) is 14.4. The second-order valence-electron chi connectivity index (χ2n) is 6.05. The summed E-state index contributed by atoms with van der Waals surface area (Å²) in [5.41, 5.74) is 0.922. The summed E-state index contributed by atoms with van der Waals surface area (Å²) in [7, 11) is -2.27. The molecule has 0 bridgehead atoms. The molecule has 0 atom stereocenters. The van der Waals surface area contributed by atoms with E-state index in [4.69, 9.17) is 4.74 Å². The lowest BCUT2D eigenvalue weighted by molar-refractivity contribution is 0.414. The van der Waals surface area contributed by atoms with Crippen molar-refractivity contribution in [1.82, 2.24) is 0 Å². The quantitative estimate of drug-likeness (QED) is 0.866. The highest BCUT2D eigenvalue weighted by molar-refractivity contribution is 7.92. The number of hydrogen-bond donors (Lipinski definition) is 1. The van der Waals surface area contributed by atoms with E-state index in [2.05, 4.69) is 0 Å². The zero-order chi connectivity index (χ0) is 17.9. The molecule has 2 aromatic carbocycles. The average Bonchev–Trinajstić information content (AvgIpc) is 2.55. The molecule has 0 aliphatic carbocycles. The molecule has 6 heteroatoms. The van der Waals surface area contributed by atoms with Crippen molar-refractivity contribution in [2.45, 2.75) is 25.7 Å². The van der Waals surface area contributed by atoms with E-state index < -0.39 is 10.0 Å². The first-order valence-electron chi connectivity index (χ1n) is 7.72. The number of para-hydroxylation sites is 1. The molecule has 0 spiro atoms. The van der Waals surface area contributed by atoms with Crippen LogP contribution in [-0.2, 0) is 10.0 Å². The third-order valence-electron chi connectivity index (χ3n) is 3.66. The molecule has 24 heavy (non-hydrogen) atoms. The number of nitrogens with zero attached hydrogens (tertiary/aromatic N) is 1. The number of aryl methyl sites for hydroxylation is 1. The Hall–Kier alpha value is -2.21. The first kappa shape index (κ1) is 18.1. The van der Waals surface area contributed by atoms with Crippen molar-refractivity contribution < 1.29 is 18.3 Å². The van der Waals surface area contributed by atoms with Gasteiger partial charge in [-0.15, -0.1) is 0 Å². The summed E-state index contributed by atoms with van der Waals surface area (Å²) >= 11 is 0. The van der Waals surface area contributed by atoms with Crippen LogP contribution in [0.3, 0.4) is 0 Å². The van der Waals surface area contributed by atoms with Gasteiger partial charge in [-0.3, -0.25) is 4.31 Å². The first-order valence-corrected chi connectivity index (χ1v) is 9.16. The Balaban J connectivity index is 2.55. The molecule has 2 aromatic rings. The fraction of sp³-hybridized carbons (Fsp3) is 0.333. The highest BCUT2D eigenvalue weighted by Crippen LogP contribution is 2.34. The van der Waals surface area contributed by atoms with E-state index in [1.54, 1.807) is 37.3 Å². The first-order chi connectivity index (χ1) is 11.3. The fourth-order valence-corrected chi connectivity index (χ4v) is 4.01. The summed E-state index contributed by atoms with van der Waals surface area (Å²) in [4.78, 5) is 0.157. The molecule has 0 aliphatic heterocycles. The maximum absolute atomic E-state index is 13.1. The minimum absolute atomic E-state index is 0.0183. The topological polar surface area (TPSA) is 66.8 Å².